The summed E-state index contributed by atoms with van der Waals surface area (Å²) in [6, 6.07) is 5.43. The highest BCUT2D eigenvalue weighted by atomic mass is 16.3. The number of amides is 1. The Morgan fingerprint density at radius 1 is 1.50 bits per heavy atom. The molecule has 0 radical (unpaired) electrons. The molecule has 0 bridgehead atoms. The fourth-order valence-electron chi connectivity index (χ4n) is 2.15. The van der Waals surface area contributed by atoms with E-state index < -0.39 is 6.10 Å². The van der Waals surface area contributed by atoms with Gasteiger partial charge in [-0.15, -0.1) is 0 Å². The number of imidazole rings is 1. The average molecular weight is 276 g/mol. The fraction of sp³-hybridized carbons (Fsp3) is 0.429. The number of anilines is 1. The van der Waals surface area contributed by atoms with Crippen LogP contribution in [0.25, 0.3) is 11.0 Å². The van der Waals surface area contributed by atoms with Crippen LogP contribution in [0.3, 0.4) is 0 Å². The van der Waals surface area contributed by atoms with Gasteiger partial charge in [0.25, 0.3) is 0 Å². The lowest BCUT2D eigenvalue weighted by molar-refractivity contribution is -0.128. The lowest BCUT2D eigenvalue weighted by Crippen LogP contribution is -2.23. The Bertz CT molecular complexity index is 631. The van der Waals surface area contributed by atoms with Gasteiger partial charge in [-0.25, -0.2) is 4.98 Å². The van der Waals surface area contributed by atoms with Gasteiger partial charge in [0.2, 0.25) is 5.91 Å². The molecule has 1 heterocycles. The maximum atomic E-state index is 11.7. The Labute approximate surface area is 117 Å². The van der Waals surface area contributed by atoms with Crippen molar-refractivity contribution in [1.29, 1.82) is 0 Å². The zero-order valence-electron chi connectivity index (χ0n) is 12.0. The molecule has 0 aliphatic carbocycles. The minimum atomic E-state index is -0.696. The maximum absolute atomic E-state index is 11.7. The third-order valence-corrected chi connectivity index (χ3v) is 3.22. The van der Waals surface area contributed by atoms with E-state index in [1.165, 1.54) is 0 Å². The van der Waals surface area contributed by atoms with Gasteiger partial charge in [-0.2, -0.15) is 0 Å². The minimum Gasteiger partial charge on any atom is -0.399 e. The van der Waals surface area contributed by atoms with E-state index in [2.05, 4.69) is 4.98 Å². The van der Waals surface area contributed by atoms with Gasteiger partial charge in [-0.05, 0) is 25.1 Å². The molecule has 0 fully saturated rings. The number of nitrogen functional groups attached to an aromatic ring is 1. The van der Waals surface area contributed by atoms with E-state index in [1.54, 1.807) is 38.1 Å². The van der Waals surface area contributed by atoms with Crippen molar-refractivity contribution in [3.8, 4) is 0 Å². The molecule has 6 heteroatoms. The van der Waals surface area contributed by atoms with E-state index in [0.717, 1.165) is 11.0 Å². The van der Waals surface area contributed by atoms with E-state index in [4.69, 9.17) is 5.73 Å². The van der Waals surface area contributed by atoms with Crippen LogP contribution in [-0.2, 0) is 11.3 Å². The number of rotatable bonds is 4. The first-order valence-electron chi connectivity index (χ1n) is 6.54. The zero-order chi connectivity index (χ0) is 14.9. The fourth-order valence-corrected chi connectivity index (χ4v) is 2.15. The standard InChI is InChI=1S/C14H20N4O2/c1-9(19)14-16-11-8-10(15)4-5-12(11)18(14)7-6-13(20)17(2)3/h4-5,8-9,19H,6-7,15H2,1-3H3. The van der Waals surface area contributed by atoms with Crippen LogP contribution in [0.4, 0.5) is 5.69 Å². The summed E-state index contributed by atoms with van der Waals surface area (Å²) in [5.41, 5.74) is 7.99. The van der Waals surface area contributed by atoms with Crippen molar-refractivity contribution in [2.75, 3.05) is 19.8 Å². The largest absolute Gasteiger partial charge is 0.399 e. The number of aliphatic hydroxyl groups excluding tert-OH is 1. The topological polar surface area (TPSA) is 84.4 Å². The third kappa shape index (κ3) is 2.75. The van der Waals surface area contributed by atoms with Crippen molar-refractivity contribution in [3.05, 3.63) is 24.0 Å². The van der Waals surface area contributed by atoms with Crippen molar-refractivity contribution in [3.63, 3.8) is 0 Å². The molecule has 108 valence electrons. The first-order chi connectivity index (χ1) is 9.40. The SMILES string of the molecule is CC(O)c1nc2cc(N)ccc2n1CCC(=O)N(C)C. The number of aryl methyl sites for hydroxylation is 1. The van der Waals surface area contributed by atoms with Crippen LogP contribution in [0.15, 0.2) is 18.2 Å². The molecule has 20 heavy (non-hydrogen) atoms. The second kappa shape index (κ2) is 5.50. The maximum Gasteiger partial charge on any atom is 0.223 e. The number of nitrogens with zero attached hydrogens (tertiary/aromatic N) is 3. The van der Waals surface area contributed by atoms with E-state index in [0.29, 0.717) is 24.5 Å². The molecule has 3 N–H and O–H groups in total. The Kier molecular flexibility index (Phi) is 3.94. The second-order valence-corrected chi connectivity index (χ2v) is 5.08. The van der Waals surface area contributed by atoms with Crippen molar-refractivity contribution in [2.24, 2.45) is 0 Å². The monoisotopic (exact) mass is 276 g/mol. The van der Waals surface area contributed by atoms with Gasteiger partial charge < -0.3 is 20.3 Å². The number of aliphatic hydroxyl groups is 1. The molecule has 1 aromatic carbocycles. The van der Waals surface area contributed by atoms with Crippen molar-refractivity contribution in [1.82, 2.24) is 14.5 Å². The lowest BCUT2D eigenvalue weighted by Gasteiger charge is -2.13. The first kappa shape index (κ1) is 14.3. The number of fused-ring (bicyclic) bond motifs is 1. The number of aromatic nitrogens is 2. The summed E-state index contributed by atoms with van der Waals surface area (Å²) in [6.45, 7) is 2.15. The molecule has 0 spiro atoms. The summed E-state index contributed by atoms with van der Waals surface area (Å²) in [5, 5.41) is 9.84. The number of carbonyl (C=O) groups is 1. The van der Waals surface area contributed by atoms with Crippen LogP contribution >= 0.6 is 0 Å². The number of benzene rings is 1. The molecule has 0 saturated heterocycles. The number of hydrogen-bond acceptors (Lipinski definition) is 4. The van der Waals surface area contributed by atoms with E-state index in [-0.39, 0.29) is 5.91 Å². The Balaban J connectivity index is 2.39. The molecule has 2 aromatic rings. The Hall–Kier alpha value is -2.08. The first-order valence-corrected chi connectivity index (χ1v) is 6.54. The molecule has 2 rings (SSSR count). The summed E-state index contributed by atoms with van der Waals surface area (Å²) in [6.07, 6.45) is -0.333. The van der Waals surface area contributed by atoms with Gasteiger partial charge in [0.1, 0.15) is 11.9 Å². The molecule has 1 aromatic heterocycles. The highest BCUT2D eigenvalue weighted by Crippen LogP contribution is 2.23. The number of carbonyl (C=O) groups excluding carboxylic acids is 1. The Morgan fingerprint density at radius 2 is 2.20 bits per heavy atom. The van der Waals surface area contributed by atoms with Crippen LogP contribution < -0.4 is 5.73 Å². The van der Waals surface area contributed by atoms with Gasteiger partial charge in [-0.1, -0.05) is 0 Å². The van der Waals surface area contributed by atoms with Crippen molar-refractivity contribution in [2.45, 2.75) is 26.0 Å². The number of nitrogens with two attached hydrogens (primary N) is 1. The lowest BCUT2D eigenvalue weighted by atomic mass is 10.2. The summed E-state index contributed by atoms with van der Waals surface area (Å²) in [5.74, 6) is 0.594. The summed E-state index contributed by atoms with van der Waals surface area (Å²) >= 11 is 0. The molecule has 1 atom stereocenters. The number of hydrogen-bond donors (Lipinski definition) is 2. The normalized spacial score (nSPS) is 12.6. The van der Waals surface area contributed by atoms with E-state index >= 15 is 0 Å². The quantitative estimate of drug-likeness (QED) is 0.820. The van der Waals surface area contributed by atoms with Crippen molar-refractivity contribution >= 4 is 22.6 Å². The molecule has 0 aliphatic heterocycles. The van der Waals surface area contributed by atoms with E-state index in [1.807, 2.05) is 10.6 Å². The van der Waals surface area contributed by atoms with Gasteiger partial charge in [-0.3, -0.25) is 4.79 Å². The molecule has 1 amide bonds. The molecule has 0 aliphatic rings. The Morgan fingerprint density at radius 3 is 2.80 bits per heavy atom. The van der Waals surface area contributed by atoms with Gasteiger partial charge in [0.05, 0.1) is 11.0 Å². The molecule has 0 saturated carbocycles. The van der Waals surface area contributed by atoms with Crippen LogP contribution in [0.2, 0.25) is 0 Å². The predicted octanol–water partition coefficient (Wildman–Crippen LogP) is 1.15. The molecule has 6 nitrogen and oxygen atoms in total. The van der Waals surface area contributed by atoms with Crippen molar-refractivity contribution < 1.29 is 9.90 Å². The minimum absolute atomic E-state index is 0.0406. The second-order valence-electron chi connectivity index (χ2n) is 5.08. The highest BCUT2D eigenvalue weighted by molar-refractivity contribution is 5.80. The molecule has 1 unspecified atom stereocenters. The van der Waals surface area contributed by atoms with Crippen LogP contribution in [0, 0.1) is 0 Å². The molecular formula is C14H20N4O2. The van der Waals surface area contributed by atoms with Gasteiger partial charge >= 0.3 is 0 Å². The van der Waals surface area contributed by atoms with Gasteiger partial charge in [0, 0.05) is 32.7 Å². The van der Waals surface area contributed by atoms with Crippen LogP contribution in [0.1, 0.15) is 25.3 Å². The summed E-state index contributed by atoms with van der Waals surface area (Å²) in [7, 11) is 3.45. The van der Waals surface area contributed by atoms with Gasteiger partial charge in [0.15, 0.2) is 0 Å². The summed E-state index contributed by atoms with van der Waals surface area (Å²) in [4.78, 5) is 17.7. The average Bonchev–Trinajstić information content (AvgIpc) is 2.73. The molecular weight excluding hydrogens is 256 g/mol. The smallest absolute Gasteiger partial charge is 0.223 e. The van der Waals surface area contributed by atoms with Crippen LogP contribution in [-0.4, -0.2) is 39.6 Å². The highest BCUT2D eigenvalue weighted by Gasteiger charge is 2.16. The zero-order valence-corrected chi connectivity index (χ0v) is 12.0. The summed E-state index contributed by atoms with van der Waals surface area (Å²) < 4.78 is 1.88. The third-order valence-electron chi connectivity index (χ3n) is 3.22. The predicted molar refractivity (Wildman–Crippen MR) is 78.1 cm³/mol. The van der Waals surface area contributed by atoms with E-state index in [9.17, 15) is 9.90 Å². The van der Waals surface area contributed by atoms with Crippen LogP contribution in [0.5, 0.6) is 0 Å².